The molecule has 0 aliphatic heterocycles. The Morgan fingerprint density at radius 3 is 2.63 bits per heavy atom. The van der Waals surface area contributed by atoms with E-state index in [2.05, 4.69) is 11.7 Å². The number of hydrogen-bond donors (Lipinski definition) is 0. The highest BCUT2D eigenvalue weighted by molar-refractivity contribution is 5.85. The number of aldehydes is 1. The van der Waals surface area contributed by atoms with Gasteiger partial charge in [0.05, 0.1) is 16.9 Å². The smallest absolute Gasteiger partial charge is 0.155 e. The van der Waals surface area contributed by atoms with Crippen molar-refractivity contribution in [1.82, 2.24) is 9.78 Å². The van der Waals surface area contributed by atoms with Crippen LogP contribution in [0.1, 0.15) is 16.1 Å². The number of likely N-dealkylation sites (N-methyl/N-ethyl adjacent to an activating group) is 1. The van der Waals surface area contributed by atoms with Gasteiger partial charge in [-0.05, 0) is 19.1 Å². The minimum atomic E-state index is 0.619. The van der Waals surface area contributed by atoms with Crippen molar-refractivity contribution in [3.05, 3.63) is 54.2 Å². The Balaban J connectivity index is 2.61. The molecule has 0 saturated carbocycles. The van der Waals surface area contributed by atoms with E-state index in [1.165, 1.54) is 0 Å². The first kappa shape index (κ1) is 13.1. The van der Waals surface area contributed by atoms with Crippen LogP contribution in [0.25, 0.3) is 5.69 Å². The number of carbonyl (C=O) groups excluding carboxylic acids is 1. The number of hydrogen-bond acceptors (Lipinski definition) is 3. The lowest BCUT2D eigenvalue weighted by atomic mass is 10.2. The van der Waals surface area contributed by atoms with Gasteiger partial charge in [-0.25, -0.2) is 4.68 Å². The van der Waals surface area contributed by atoms with Gasteiger partial charge in [0.25, 0.3) is 0 Å². The number of benzene rings is 1. The standard InChI is InChI=1S/C15H17N3O/c1-4-10-17(3)15-14(11-19)12(2)16-18(15)13-8-6-5-7-9-13/h4-9,11H,1,10H2,2-3H3. The molecule has 98 valence electrons. The summed E-state index contributed by atoms with van der Waals surface area (Å²) < 4.78 is 1.79. The van der Waals surface area contributed by atoms with Gasteiger partial charge >= 0.3 is 0 Å². The predicted octanol–water partition coefficient (Wildman–Crippen LogP) is 2.62. The number of rotatable bonds is 5. The van der Waals surface area contributed by atoms with Gasteiger partial charge in [0.15, 0.2) is 6.29 Å². The summed E-state index contributed by atoms with van der Waals surface area (Å²) >= 11 is 0. The number of aromatic nitrogens is 2. The van der Waals surface area contributed by atoms with Gasteiger partial charge in [-0.15, -0.1) is 6.58 Å². The van der Waals surface area contributed by atoms with Crippen molar-refractivity contribution < 1.29 is 4.79 Å². The third-order valence-electron chi connectivity index (χ3n) is 2.96. The van der Waals surface area contributed by atoms with Crippen LogP contribution in [0.5, 0.6) is 0 Å². The maximum Gasteiger partial charge on any atom is 0.155 e. The summed E-state index contributed by atoms with van der Waals surface area (Å²) in [6, 6.07) is 9.78. The molecule has 2 rings (SSSR count). The Labute approximate surface area is 113 Å². The molecular formula is C15H17N3O. The van der Waals surface area contributed by atoms with Crippen LogP contribution in [-0.4, -0.2) is 29.7 Å². The molecule has 0 radical (unpaired) electrons. The van der Waals surface area contributed by atoms with Crippen molar-refractivity contribution in [3.63, 3.8) is 0 Å². The average molecular weight is 255 g/mol. The highest BCUT2D eigenvalue weighted by Crippen LogP contribution is 2.25. The molecule has 0 unspecified atom stereocenters. The summed E-state index contributed by atoms with van der Waals surface area (Å²) in [7, 11) is 1.92. The van der Waals surface area contributed by atoms with Crippen LogP contribution in [-0.2, 0) is 0 Å². The Hall–Kier alpha value is -2.36. The number of nitrogens with zero attached hydrogens (tertiary/aromatic N) is 3. The van der Waals surface area contributed by atoms with Crippen molar-refractivity contribution in [2.45, 2.75) is 6.92 Å². The van der Waals surface area contributed by atoms with E-state index in [1.807, 2.05) is 49.2 Å². The van der Waals surface area contributed by atoms with Crippen LogP contribution in [0.3, 0.4) is 0 Å². The molecule has 19 heavy (non-hydrogen) atoms. The van der Waals surface area contributed by atoms with E-state index < -0.39 is 0 Å². The van der Waals surface area contributed by atoms with Gasteiger partial charge in [-0.1, -0.05) is 24.3 Å². The van der Waals surface area contributed by atoms with Crippen molar-refractivity contribution in [1.29, 1.82) is 0 Å². The Kier molecular flexibility index (Phi) is 3.80. The normalized spacial score (nSPS) is 10.2. The highest BCUT2D eigenvalue weighted by atomic mass is 16.1. The summed E-state index contributed by atoms with van der Waals surface area (Å²) in [6.07, 6.45) is 2.66. The molecular weight excluding hydrogens is 238 g/mol. The van der Waals surface area contributed by atoms with E-state index in [0.717, 1.165) is 23.5 Å². The van der Waals surface area contributed by atoms with E-state index in [-0.39, 0.29) is 0 Å². The lowest BCUT2D eigenvalue weighted by Crippen LogP contribution is -2.21. The Morgan fingerprint density at radius 1 is 1.37 bits per heavy atom. The maximum atomic E-state index is 11.3. The van der Waals surface area contributed by atoms with Crippen LogP contribution in [0.2, 0.25) is 0 Å². The molecule has 4 heteroatoms. The summed E-state index contributed by atoms with van der Waals surface area (Å²) in [5.74, 6) is 0.790. The molecule has 0 fully saturated rings. The quantitative estimate of drug-likeness (QED) is 0.609. The van der Waals surface area contributed by atoms with Crippen LogP contribution in [0.4, 0.5) is 5.82 Å². The zero-order valence-electron chi connectivity index (χ0n) is 11.2. The molecule has 4 nitrogen and oxygen atoms in total. The van der Waals surface area contributed by atoms with Crippen LogP contribution in [0, 0.1) is 6.92 Å². The van der Waals surface area contributed by atoms with E-state index in [4.69, 9.17) is 0 Å². The molecule has 1 heterocycles. The molecule has 0 atom stereocenters. The Morgan fingerprint density at radius 2 is 2.05 bits per heavy atom. The monoisotopic (exact) mass is 255 g/mol. The van der Waals surface area contributed by atoms with Gasteiger partial charge in [0.2, 0.25) is 0 Å². The van der Waals surface area contributed by atoms with Crippen molar-refractivity contribution in [2.75, 3.05) is 18.5 Å². The molecule has 1 aromatic heterocycles. The van der Waals surface area contributed by atoms with Crippen molar-refractivity contribution in [2.24, 2.45) is 0 Å². The molecule has 0 amide bonds. The van der Waals surface area contributed by atoms with E-state index in [0.29, 0.717) is 12.1 Å². The second-order valence-electron chi connectivity index (χ2n) is 4.36. The fourth-order valence-corrected chi connectivity index (χ4v) is 2.06. The molecule has 0 bridgehead atoms. The summed E-state index contributed by atoms with van der Waals surface area (Å²) in [6.45, 7) is 6.22. The van der Waals surface area contributed by atoms with Crippen LogP contribution >= 0.6 is 0 Å². The zero-order chi connectivity index (χ0) is 13.8. The number of para-hydroxylation sites is 1. The minimum Gasteiger partial charge on any atom is -0.355 e. The summed E-state index contributed by atoms with van der Waals surface area (Å²) in [5, 5.41) is 4.46. The molecule has 0 N–H and O–H groups in total. The molecule has 0 saturated heterocycles. The van der Waals surface area contributed by atoms with Crippen LogP contribution in [0.15, 0.2) is 43.0 Å². The molecule has 0 spiro atoms. The fourth-order valence-electron chi connectivity index (χ4n) is 2.06. The third kappa shape index (κ3) is 2.42. The summed E-state index contributed by atoms with van der Waals surface area (Å²) in [4.78, 5) is 13.3. The van der Waals surface area contributed by atoms with E-state index >= 15 is 0 Å². The van der Waals surface area contributed by atoms with Crippen LogP contribution < -0.4 is 4.90 Å². The van der Waals surface area contributed by atoms with Gasteiger partial charge in [-0.3, -0.25) is 4.79 Å². The maximum absolute atomic E-state index is 11.3. The largest absolute Gasteiger partial charge is 0.355 e. The summed E-state index contributed by atoms with van der Waals surface area (Å²) in [5.41, 5.74) is 2.28. The lowest BCUT2D eigenvalue weighted by molar-refractivity contribution is 0.112. The lowest BCUT2D eigenvalue weighted by Gasteiger charge is -2.19. The Bertz CT molecular complexity index is 587. The molecule has 0 aliphatic rings. The molecule has 1 aromatic carbocycles. The zero-order valence-corrected chi connectivity index (χ0v) is 11.2. The van der Waals surface area contributed by atoms with Crippen molar-refractivity contribution in [3.8, 4) is 5.69 Å². The van der Waals surface area contributed by atoms with Gasteiger partial charge in [0, 0.05) is 13.6 Å². The van der Waals surface area contributed by atoms with Gasteiger partial charge in [0.1, 0.15) is 5.82 Å². The SMILES string of the molecule is C=CCN(C)c1c(C=O)c(C)nn1-c1ccccc1. The second kappa shape index (κ2) is 5.52. The number of carbonyl (C=O) groups is 1. The first-order valence-electron chi connectivity index (χ1n) is 6.11. The highest BCUT2D eigenvalue weighted by Gasteiger charge is 2.18. The van der Waals surface area contributed by atoms with E-state index in [1.54, 1.807) is 10.8 Å². The van der Waals surface area contributed by atoms with E-state index in [9.17, 15) is 4.79 Å². The van der Waals surface area contributed by atoms with Crippen molar-refractivity contribution >= 4 is 12.1 Å². The van der Waals surface area contributed by atoms with Gasteiger partial charge in [-0.2, -0.15) is 5.10 Å². The first-order chi connectivity index (χ1) is 9.19. The third-order valence-corrected chi connectivity index (χ3v) is 2.96. The minimum absolute atomic E-state index is 0.619. The number of aryl methyl sites for hydroxylation is 1. The second-order valence-corrected chi connectivity index (χ2v) is 4.36. The molecule has 0 aliphatic carbocycles. The topological polar surface area (TPSA) is 38.1 Å². The molecule has 2 aromatic rings. The van der Waals surface area contributed by atoms with Gasteiger partial charge < -0.3 is 4.90 Å². The first-order valence-corrected chi connectivity index (χ1v) is 6.11. The average Bonchev–Trinajstić information content (AvgIpc) is 2.77. The number of anilines is 1. The fraction of sp³-hybridized carbons (Fsp3) is 0.200. The predicted molar refractivity (Wildman–Crippen MR) is 77.2 cm³/mol.